The lowest BCUT2D eigenvalue weighted by atomic mass is 10.3. The fraction of sp³-hybridized carbons (Fsp3) is 0.400. The largest absolute Gasteiger partial charge is 0.284 e. The molecule has 19 heavy (non-hydrogen) atoms. The number of thioether (sulfide) groups is 1. The van der Waals surface area contributed by atoms with Gasteiger partial charge in [0, 0.05) is 11.9 Å². The van der Waals surface area contributed by atoms with Crippen molar-refractivity contribution < 1.29 is 13.3 Å². The molecule has 106 valence electrons. The first-order chi connectivity index (χ1) is 8.92. The third-order valence-electron chi connectivity index (χ3n) is 2.24. The number of hydrogen-bond donors (Lipinski definition) is 1. The van der Waals surface area contributed by atoms with E-state index in [1.54, 1.807) is 0 Å². The maximum Gasteiger partial charge on any atom is 0.284 e. The highest BCUT2D eigenvalue weighted by atomic mass is 35.5. The zero-order valence-corrected chi connectivity index (χ0v) is 12.5. The summed E-state index contributed by atoms with van der Waals surface area (Å²) in [6, 6.07) is 3.86. The van der Waals surface area contributed by atoms with Crippen LogP contribution in [-0.2, 0) is 10.0 Å². The molecule has 0 spiro atoms. The summed E-state index contributed by atoms with van der Waals surface area (Å²) < 4.78 is 25.3. The van der Waals surface area contributed by atoms with Crippen LogP contribution in [0.3, 0.4) is 0 Å². The Morgan fingerprint density at radius 1 is 1.47 bits per heavy atom. The highest BCUT2D eigenvalue weighted by Gasteiger charge is 2.20. The summed E-state index contributed by atoms with van der Waals surface area (Å²) in [5, 5.41) is 11.0. The van der Waals surface area contributed by atoms with Crippen molar-refractivity contribution in [3.05, 3.63) is 28.3 Å². The second-order valence-corrected chi connectivity index (χ2v) is 6.89. The minimum atomic E-state index is -3.68. The van der Waals surface area contributed by atoms with Gasteiger partial charge in [0.2, 0.25) is 10.0 Å². The van der Waals surface area contributed by atoms with E-state index in [4.69, 9.17) is 11.6 Å². The lowest BCUT2D eigenvalue weighted by Gasteiger charge is -2.06. The number of benzene rings is 1. The summed E-state index contributed by atoms with van der Waals surface area (Å²) in [5.74, 6) is 1.12. The number of halogens is 1. The number of nitrogens with one attached hydrogen (secondary N) is 1. The third-order valence-corrected chi connectivity index (χ3v) is 5.07. The van der Waals surface area contributed by atoms with Crippen LogP contribution in [0.4, 0.5) is 5.69 Å². The molecule has 0 atom stereocenters. The summed E-state index contributed by atoms with van der Waals surface area (Å²) in [4.78, 5) is 10.7. The van der Waals surface area contributed by atoms with Crippen LogP contribution >= 0.6 is 23.4 Å². The van der Waals surface area contributed by atoms with Gasteiger partial charge in [0.05, 0.1) is 14.7 Å². The molecule has 6 nitrogen and oxygen atoms in total. The Kier molecular flexibility index (Phi) is 6.05. The predicted molar refractivity (Wildman–Crippen MR) is 75.4 cm³/mol. The van der Waals surface area contributed by atoms with Crippen molar-refractivity contribution in [2.24, 2.45) is 0 Å². The quantitative estimate of drug-likeness (QED) is 0.273. The van der Waals surface area contributed by atoms with Crippen LogP contribution in [-0.4, -0.2) is 32.0 Å². The van der Waals surface area contributed by atoms with Gasteiger partial charge in [-0.25, -0.2) is 13.1 Å². The van der Waals surface area contributed by atoms with Gasteiger partial charge in [-0.2, -0.15) is 0 Å². The zero-order valence-electron chi connectivity index (χ0n) is 10.1. The molecule has 1 aromatic carbocycles. The molecule has 0 aliphatic rings. The van der Waals surface area contributed by atoms with E-state index in [0.717, 1.165) is 12.5 Å². The van der Waals surface area contributed by atoms with Gasteiger partial charge in [0.25, 0.3) is 5.69 Å². The van der Waals surface area contributed by atoms with Crippen molar-refractivity contribution in [2.75, 3.05) is 18.7 Å². The molecule has 0 bridgehead atoms. The summed E-state index contributed by atoms with van der Waals surface area (Å²) in [6.45, 7) is 0. The molecule has 9 heteroatoms. The fourth-order valence-electron chi connectivity index (χ4n) is 1.28. The molecule has 0 radical (unpaired) electrons. The Morgan fingerprint density at radius 2 is 2.16 bits per heavy atom. The lowest BCUT2D eigenvalue weighted by Crippen LogP contribution is -2.18. The van der Waals surface area contributed by atoms with Crippen molar-refractivity contribution in [1.29, 1.82) is 0 Å². The topological polar surface area (TPSA) is 89.3 Å². The first-order valence-electron chi connectivity index (χ1n) is 5.33. The van der Waals surface area contributed by atoms with Crippen molar-refractivity contribution in [2.45, 2.75) is 16.2 Å². The molecule has 1 N–H and O–H groups in total. The Bertz CT molecular complexity index is 563. The predicted octanol–water partition coefficient (Wildman–Crippen LogP) is 2.22. The van der Waals surface area contributed by atoms with Gasteiger partial charge in [-0.15, -0.1) is 23.4 Å². The average molecular weight is 325 g/mol. The number of nitro groups is 1. The monoisotopic (exact) mass is 324 g/mol. The standard InChI is InChI=1S/C10H13ClN2O4S2/c1-12-19(16,17)8-3-4-10(18-6-2-5-11)9(7-8)13(14)15/h3-4,7,12H,2,5-6H2,1H3. The van der Waals surface area contributed by atoms with Crippen LogP contribution in [0.5, 0.6) is 0 Å². The van der Waals surface area contributed by atoms with Gasteiger partial charge in [0.15, 0.2) is 0 Å². The highest BCUT2D eigenvalue weighted by molar-refractivity contribution is 7.99. The number of rotatable bonds is 7. The van der Waals surface area contributed by atoms with Crippen molar-refractivity contribution >= 4 is 39.1 Å². The number of alkyl halides is 1. The van der Waals surface area contributed by atoms with Gasteiger partial charge in [-0.3, -0.25) is 10.1 Å². The summed E-state index contributed by atoms with van der Waals surface area (Å²) in [5.41, 5.74) is -0.212. The summed E-state index contributed by atoms with van der Waals surface area (Å²) >= 11 is 6.82. The van der Waals surface area contributed by atoms with Gasteiger partial charge < -0.3 is 0 Å². The Hall–Kier alpha value is -0.830. The summed E-state index contributed by atoms with van der Waals surface area (Å²) in [7, 11) is -2.43. The fourth-order valence-corrected chi connectivity index (χ4v) is 3.28. The van der Waals surface area contributed by atoms with E-state index in [1.807, 2.05) is 0 Å². The smallest absolute Gasteiger partial charge is 0.258 e. The van der Waals surface area contributed by atoms with E-state index in [9.17, 15) is 18.5 Å². The molecule has 1 rings (SSSR count). The highest BCUT2D eigenvalue weighted by Crippen LogP contribution is 2.31. The number of hydrogen-bond acceptors (Lipinski definition) is 5. The molecule has 0 heterocycles. The molecule has 0 aromatic heterocycles. The van der Waals surface area contributed by atoms with Crippen molar-refractivity contribution in [3.63, 3.8) is 0 Å². The van der Waals surface area contributed by atoms with Crippen LogP contribution in [0.15, 0.2) is 28.0 Å². The maximum absolute atomic E-state index is 11.6. The maximum atomic E-state index is 11.6. The molecule has 0 saturated heterocycles. The molecule has 1 aromatic rings. The zero-order chi connectivity index (χ0) is 14.5. The van der Waals surface area contributed by atoms with E-state index in [0.29, 0.717) is 16.5 Å². The van der Waals surface area contributed by atoms with Crippen LogP contribution < -0.4 is 4.72 Å². The lowest BCUT2D eigenvalue weighted by molar-refractivity contribution is -0.388. The van der Waals surface area contributed by atoms with Crippen LogP contribution in [0, 0.1) is 10.1 Å². The van der Waals surface area contributed by atoms with Gasteiger partial charge in [-0.05, 0) is 31.4 Å². The molecule has 0 aliphatic heterocycles. The van der Waals surface area contributed by atoms with Crippen molar-refractivity contribution in [1.82, 2.24) is 4.72 Å². The van der Waals surface area contributed by atoms with Crippen molar-refractivity contribution in [3.8, 4) is 0 Å². The Morgan fingerprint density at radius 3 is 2.68 bits per heavy atom. The Labute approximate surface area is 120 Å². The molecule has 0 saturated carbocycles. The van der Waals surface area contributed by atoms with E-state index in [-0.39, 0.29) is 10.6 Å². The molecular weight excluding hydrogens is 312 g/mol. The average Bonchev–Trinajstić information content (AvgIpc) is 2.39. The van der Waals surface area contributed by atoms with E-state index >= 15 is 0 Å². The van der Waals surface area contributed by atoms with Gasteiger partial charge in [-0.1, -0.05) is 0 Å². The third kappa shape index (κ3) is 4.34. The molecule has 0 aliphatic carbocycles. The second-order valence-electron chi connectivity index (χ2n) is 3.49. The van der Waals surface area contributed by atoms with E-state index < -0.39 is 14.9 Å². The van der Waals surface area contributed by atoms with Crippen LogP contribution in [0.2, 0.25) is 0 Å². The SMILES string of the molecule is CNS(=O)(=O)c1ccc(SCCCCl)c([N+](=O)[O-])c1. The van der Waals surface area contributed by atoms with Gasteiger partial charge in [0.1, 0.15) is 0 Å². The molecular formula is C10H13ClN2O4S2. The first-order valence-corrected chi connectivity index (χ1v) is 8.33. The number of sulfonamides is 1. The molecule has 0 unspecified atom stereocenters. The second kappa shape index (κ2) is 7.09. The first kappa shape index (κ1) is 16.2. The summed E-state index contributed by atoms with van der Waals surface area (Å²) in [6.07, 6.45) is 0.722. The minimum Gasteiger partial charge on any atom is -0.258 e. The minimum absolute atomic E-state index is 0.122. The normalized spacial score (nSPS) is 11.5. The van der Waals surface area contributed by atoms with Crippen LogP contribution in [0.1, 0.15) is 6.42 Å². The Balaban J connectivity index is 3.12. The van der Waals surface area contributed by atoms with Crippen LogP contribution in [0.25, 0.3) is 0 Å². The van der Waals surface area contributed by atoms with E-state index in [2.05, 4.69) is 4.72 Å². The number of nitrogens with zero attached hydrogens (tertiary/aromatic N) is 1. The van der Waals surface area contributed by atoms with E-state index in [1.165, 1.54) is 30.9 Å². The number of nitro benzene ring substituents is 1. The molecule has 0 fully saturated rings. The van der Waals surface area contributed by atoms with Gasteiger partial charge >= 0.3 is 0 Å². The molecule has 0 amide bonds.